The van der Waals surface area contributed by atoms with E-state index in [0.717, 1.165) is 73.1 Å². The van der Waals surface area contributed by atoms with Gasteiger partial charge < -0.3 is 19.9 Å². The van der Waals surface area contributed by atoms with E-state index in [1.165, 1.54) is 18.2 Å². The molecule has 8 heteroatoms. The van der Waals surface area contributed by atoms with E-state index < -0.39 is 11.6 Å². The Bertz CT molecular complexity index is 1610. The van der Waals surface area contributed by atoms with Gasteiger partial charge in [-0.2, -0.15) is 0 Å². The number of anilines is 3. The quantitative estimate of drug-likeness (QED) is 0.228. The molecule has 1 saturated heterocycles. The molecule has 0 spiro atoms. The second-order valence-corrected chi connectivity index (χ2v) is 11.7. The second-order valence-electron chi connectivity index (χ2n) is 11.7. The first-order chi connectivity index (χ1) is 21.4. The van der Waals surface area contributed by atoms with Crippen LogP contribution < -0.4 is 19.9 Å². The van der Waals surface area contributed by atoms with E-state index in [1.54, 1.807) is 0 Å². The molecule has 1 fully saturated rings. The summed E-state index contributed by atoms with van der Waals surface area (Å²) in [4.78, 5) is 20.3. The highest BCUT2D eigenvalue weighted by molar-refractivity contribution is 6.07. The summed E-state index contributed by atoms with van der Waals surface area (Å²) in [6.07, 6.45) is 0.847. The third-order valence-corrected chi connectivity index (χ3v) is 8.27. The average Bonchev–Trinajstić information content (AvgIpc) is 3.44. The number of hydrogen-bond donors (Lipinski definition) is 1. The summed E-state index contributed by atoms with van der Waals surface area (Å²) in [5.74, 6) is -0.238. The summed E-state index contributed by atoms with van der Waals surface area (Å²) in [5, 5.41) is 3.12. The number of carbonyl (C=O) groups excluding carboxylic acids is 1. The predicted molar refractivity (Wildman–Crippen MR) is 172 cm³/mol. The molecule has 0 radical (unpaired) electrons. The van der Waals surface area contributed by atoms with Crippen molar-refractivity contribution in [3.05, 3.63) is 119 Å². The molecule has 2 heterocycles. The van der Waals surface area contributed by atoms with Crippen LogP contribution in [0, 0.1) is 11.6 Å². The van der Waals surface area contributed by atoms with Crippen molar-refractivity contribution in [1.29, 1.82) is 0 Å². The Hall–Kier alpha value is -4.43. The minimum atomic E-state index is -0.571. The van der Waals surface area contributed by atoms with Gasteiger partial charge in [0.25, 0.3) is 5.91 Å². The van der Waals surface area contributed by atoms with E-state index in [0.29, 0.717) is 12.1 Å². The first kappa shape index (κ1) is 29.6. The van der Waals surface area contributed by atoms with Gasteiger partial charge in [0.1, 0.15) is 17.4 Å². The number of piperazine rings is 1. The van der Waals surface area contributed by atoms with Gasteiger partial charge in [-0.1, -0.05) is 30.3 Å². The molecule has 6 rings (SSSR count). The van der Waals surface area contributed by atoms with Crippen LogP contribution in [0.1, 0.15) is 40.9 Å². The van der Waals surface area contributed by atoms with E-state index in [2.05, 4.69) is 33.3 Å². The SMILES string of the molecule is CC(C)Oc1ccccc1N1CCN(Cc2cccc(C(=O)N3CCc4cc(NCc5c(F)cccc5F)ccc43)c2)CC1. The number of nitrogens with zero attached hydrogens (tertiary/aromatic N) is 3. The molecule has 2 aliphatic rings. The van der Waals surface area contributed by atoms with Crippen molar-refractivity contribution in [2.45, 2.75) is 39.5 Å². The average molecular weight is 597 g/mol. The number of fused-ring (bicyclic) bond motifs is 1. The molecule has 6 nitrogen and oxygen atoms in total. The molecular weight excluding hydrogens is 558 g/mol. The van der Waals surface area contributed by atoms with Gasteiger partial charge in [-0.05, 0) is 86.0 Å². The molecule has 0 bridgehead atoms. The Morgan fingerprint density at radius 3 is 2.36 bits per heavy atom. The van der Waals surface area contributed by atoms with Crippen LogP contribution in [0.15, 0.2) is 84.9 Å². The molecular formula is C36H38F2N4O2. The summed E-state index contributed by atoms with van der Waals surface area (Å²) in [6.45, 7) is 9.18. The molecule has 4 aromatic rings. The predicted octanol–water partition coefficient (Wildman–Crippen LogP) is 6.89. The van der Waals surface area contributed by atoms with Crippen molar-refractivity contribution in [3.63, 3.8) is 0 Å². The molecule has 1 amide bonds. The molecule has 0 aliphatic carbocycles. The van der Waals surface area contributed by atoms with Crippen molar-refractivity contribution >= 4 is 23.0 Å². The Morgan fingerprint density at radius 2 is 1.59 bits per heavy atom. The lowest BCUT2D eigenvalue weighted by atomic mass is 10.1. The lowest BCUT2D eigenvalue weighted by Crippen LogP contribution is -2.46. The second kappa shape index (κ2) is 13.1. The normalized spacial score (nSPS) is 15.0. The molecule has 0 aromatic heterocycles. The third-order valence-electron chi connectivity index (χ3n) is 8.27. The van der Waals surface area contributed by atoms with Gasteiger partial charge in [0.2, 0.25) is 0 Å². The lowest BCUT2D eigenvalue weighted by Gasteiger charge is -2.37. The van der Waals surface area contributed by atoms with Crippen LogP contribution in [0.3, 0.4) is 0 Å². The summed E-state index contributed by atoms with van der Waals surface area (Å²) in [7, 11) is 0. The van der Waals surface area contributed by atoms with Crippen LogP contribution in [-0.4, -0.2) is 49.6 Å². The molecule has 2 aliphatic heterocycles. The largest absolute Gasteiger partial charge is 0.489 e. The third kappa shape index (κ3) is 6.55. The van der Waals surface area contributed by atoms with Gasteiger partial charge in [-0.3, -0.25) is 9.69 Å². The molecule has 0 saturated carbocycles. The van der Waals surface area contributed by atoms with Crippen molar-refractivity contribution in [1.82, 2.24) is 4.90 Å². The number of hydrogen-bond acceptors (Lipinski definition) is 5. The molecule has 4 aromatic carbocycles. The number of para-hydroxylation sites is 2. The van der Waals surface area contributed by atoms with Crippen molar-refractivity contribution in [2.24, 2.45) is 0 Å². The summed E-state index contributed by atoms with van der Waals surface area (Å²) < 4.78 is 34.1. The fourth-order valence-corrected chi connectivity index (χ4v) is 6.05. The first-order valence-corrected chi connectivity index (χ1v) is 15.3. The van der Waals surface area contributed by atoms with Crippen LogP contribution >= 0.6 is 0 Å². The van der Waals surface area contributed by atoms with E-state index in [9.17, 15) is 13.6 Å². The van der Waals surface area contributed by atoms with Crippen LogP contribution in [0.4, 0.5) is 25.8 Å². The lowest BCUT2D eigenvalue weighted by molar-refractivity contribution is 0.0989. The summed E-state index contributed by atoms with van der Waals surface area (Å²) in [5.41, 5.74) is 5.61. The number of halogens is 2. The highest BCUT2D eigenvalue weighted by atomic mass is 19.1. The summed E-state index contributed by atoms with van der Waals surface area (Å²) >= 11 is 0. The zero-order valence-electron chi connectivity index (χ0n) is 25.2. The molecule has 228 valence electrons. The summed E-state index contributed by atoms with van der Waals surface area (Å²) in [6, 6.07) is 25.8. The highest BCUT2D eigenvalue weighted by Gasteiger charge is 2.26. The van der Waals surface area contributed by atoms with E-state index in [4.69, 9.17) is 4.74 Å². The van der Waals surface area contributed by atoms with Gasteiger partial charge in [0.15, 0.2) is 0 Å². The fraction of sp³-hybridized carbons (Fsp3) is 0.306. The molecule has 44 heavy (non-hydrogen) atoms. The minimum absolute atomic E-state index is 0.00753. The standard InChI is InChI=1S/C36H38F2N4O2/c1-25(2)44-35-12-4-3-11-34(35)41-19-17-40(18-20-41)24-26-7-5-8-28(21-26)36(43)42-16-15-27-22-29(13-14-33(27)42)39-23-30-31(37)9-6-10-32(30)38/h3-14,21-22,25,39H,15-20,23-24H2,1-2H3. The number of benzene rings is 4. The van der Waals surface area contributed by atoms with E-state index in [1.807, 2.05) is 67.3 Å². The topological polar surface area (TPSA) is 48.1 Å². The van der Waals surface area contributed by atoms with Gasteiger partial charge in [-0.25, -0.2) is 8.78 Å². The minimum Gasteiger partial charge on any atom is -0.489 e. The number of ether oxygens (including phenoxy) is 1. The number of nitrogens with one attached hydrogen (secondary N) is 1. The Morgan fingerprint density at radius 1 is 0.841 bits per heavy atom. The van der Waals surface area contributed by atoms with E-state index >= 15 is 0 Å². The monoisotopic (exact) mass is 596 g/mol. The van der Waals surface area contributed by atoms with Crippen LogP contribution in [0.2, 0.25) is 0 Å². The number of amides is 1. The van der Waals surface area contributed by atoms with Gasteiger partial charge >= 0.3 is 0 Å². The highest BCUT2D eigenvalue weighted by Crippen LogP contribution is 2.33. The van der Waals surface area contributed by atoms with Gasteiger partial charge in [0, 0.05) is 68.3 Å². The maximum absolute atomic E-state index is 14.0. The van der Waals surface area contributed by atoms with Crippen molar-refractivity contribution < 1.29 is 18.3 Å². The van der Waals surface area contributed by atoms with Crippen molar-refractivity contribution in [2.75, 3.05) is 47.8 Å². The van der Waals surface area contributed by atoms with E-state index in [-0.39, 0.29) is 24.1 Å². The first-order valence-electron chi connectivity index (χ1n) is 15.3. The molecule has 0 unspecified atom stereocenters. The van der Waals surface area contributed by atoms with Crippen LogP contribution in [0.25, 0.3) is 0 Å². The Kier molecular flexibility index (Phi) is 8.79. The maximum Gasteiger partial charge on any atom is 0.258 e. The molecule has 0 atom stereocenters. The zero-order valence-corrected chi connectivity index (χ0v) is 25.2. The molecule has 1 N–H and O–H groups in total. The van der Waals surface area contributed by atoms with Gasteiger partial charge in [-0.15, -0.1) is 0 Å². The fourth-order valence-electron chi connectivity index (χ4n) is 6.05. The smallest absolute Gasteiger partial charge is 0.258 e. The van der Waals surface area contributed by atoms with Crippen LogP contribution in [-0.2, 0) is 19.5 Å². The van der Waals surface area contributed by atoms with Crippen LogP contribution in [0.5, 0.6) is 5.75 Å². The zero-order chi connectivity index (χ0) is 30.6. The maximum atomic E-state index is 14.0. The van der Waals surface area contributed by atoms with Gasteiger partial charge in [0.05, 0.1) is 11.8 Å². The number of rotatable bonds is 9. The Labute approximate surface area is 257 Å². The number of carbonyl (C=O) groups is 1. The Balaban J connectivity index is 1.07. The van der Waals surface area contributed by atoms with Crippen molar-refractivity contribution in [3.8, 4) is 5.75 Å².